The van der Waals surface area contributed by atoms with Gasteiger partial charge in [-0.3, -0.25) is 14.1 Å². The van der Waals surface area contributed by atoms with Crippen molar-refractivity contribution in [1.29, 1.82) is 0 Å². The molecule has 0 aromatic rings. The van der Waals surface area contributed by atoms with Crippen molar-refractivity contribution in [3.05, 3.63) is 0 Å². The molecule has 6 nitrogen and oxygen atoms in total. The summed E-state index contributed by atoms with van der Waals surface area (Å²) in [5, 5.41) is 6.79. The van der Waals surface area contributed by atoms with Gasteiger partial charge in [0.1, 0.15) is 0 Å². The summed E-state index contributed by atoms with van der Waals surface area (Å²) in [6, 6.07) is 0.483. The van der Waals surface area contributed by atoms with Gasteiger partial charge in [0.2, 0.25) is 0 Å². The van der Waals surface area contributed by atoms with Crippen molar-refractivity contribution < 1.29 is 8.95 Å². The first kappa shape index (κ1) is 27.1. The number of hydrogen-bond donors (Lipinski definition) is 2. The lowest BCUT2D eigenvalue weighted by atomic mass is 9.92. The number of nitrogens with one attached hydrogen (secondary N) is 2. The summed E-state index contributed by atoms with van der Waals surface area (Å²) in [5.41, 5.74) is 0. The van der Waals surface area contributed by atoms with Crippen molar-refractivity contribution in [1.82, 2.24) is 15.5 Å². The van der Waals surface area contributed by atoms with E-state index in [2.05, 4.69) is 34.4 Å². The van der Waals surface area contributed by atoms with Gasteiger partial charge >= 0.3 is 0 Å². The molecule has 2 unspecified atom stereocenters. The second-order valence-corrected chi connectivity index (χ2v) is 10.2. The van der Waals surface area contributed by atoms with E-state index in [4.69, 9.17) is 4.74 Å². The predicted molar refractivity (Wildman–Crippen MR) is 128 cm³/mol. The number of aliphatic imine (C=N–C) groups is 1. The van der Waals surface area contributed by atoms with E-state index >= 15 is 0 Å². The number of morpholine rings is 1. The topological polar surface area (TPSA) is 66.0 Å². The lowest BCUT2D eigenvalue weighted by Crippen LogP contribution is -2.53. The van der Waals surface area contributed by atoms with E-state index in [0.29, 0.717) is 24.3 Å². The Morgan fingerprint density at radius 3 is 2.26 bits per heavy atom. The molecule has 8 heteroatoms. The molecular weight excluding hydrogens is 475 g/mol. The molecule has 1 heterocycles. The fraction of sp³-hybridized carbons (Fsp3) is 0.947. The van der Waals surface area contributed by atoms with Crippen molar-refractivity contribution >= 4 is 40.7 Å². The van der Waals surface area contributed by atoms with Crippen molar-refractivity contribution in [3.8, 4) is 0 Å². The van der Waals surface area contributed by atoms with Crippen LogP contribution in [-0.2, 0) is 15.5 Å². The minimum Gasteiger partial charge on any atom is -0.379 e. The lowest BCUT2D eigenvalue weighted by Gasteiger charge is -2.39. The fourth-order valence-corrected chi connectivity index (χ4v) is 4.23. The van der Waals surface area contributed by atoms with Gasteiger partial charge in [-0.25, -0.2) is 0 Å². The molecule has 0 saturated carbocycles. The average Bonchev–Trinajstić information content (AvgIpc) is 2.63. The van der Waals surface area contributed by atoms with Crippen LogP contribution in [0.3, 0.4) is 0 Å². The molecule has 1 saturated heterocycles. The minimum absolute atomic E-state index is 0. The Bertz CT molecular complexity index is 447. The maximum atomic E-state index is 12.2. The number of ether oxygens (including phenoxy) is 1. The smallest absolute Gasteiger partial charge is 0.191 e. The molecule has 0 amide bonds. The first-order chi connectivity index (χ1) is 12.3. The molecule has 27 heavy (non-hydrogen) atoms. The average molecular weight is 517 g/mol. The van der Waals surface area contributed by atoms with Gasteiger partial charge in [-0.1, -0.05) is 26.7 Å². The van der Waals surface area contributed by atoms with Crippen LogP contribution in [0.25, 0.3) is 0 Å². The zero-order valence-corrected chi connectivity index (χ0v) is 21.2. The van der Waals surface area contributed by atoms with Gasteiger partial charge in [-0.05, 0) is 26.7 Å². The van der Waals surface area contributed by atoms with E-state index in [-0.39, 0.29) is 28.7 Å². The third kappa shape index (κ3) is 9.89. The fourth-order valence-electron chi connectivity index (χ4n) is 3.33. The number of hydrogen-bond acceptors (Lipinski definition) is 4. The number of rotatable bonds is 9. The first-order valence-electron chi connectivity index (χ1n) is 9.98. The van der Waals surface area contributed by atoms with Gasteiger partial charge in [0.15, 0.2) is 5.96 Å². The normalized spacial score (nSPS) is 18.7. The molecule has 0 radical (unpaired) electrons. The molecule has 1 fully saturated rings. The third-order valence-electron chi connectivity index (χ3n) is 5.07. The third-order valence-corrected chi connectivity index (χ3v) is 7.01. The summed E-state index contributed by atoms with van der Waals surface area (Å²) in [4.78, 5) is 6.88. The summed E-state index contributed by atoms with van der Waals surface area (Å²) >= 11 is 0. The quantitative estimate of drug-likeness (QED) is 0.280. The van der Waals surface area contributed by atoms with Crippen LogP contribution in [0.5, 0.6) is 0 Å². The molecule has 2 atom stereocenters. The van der Waals surface area contributed by atoms with Crippen molar-refractivity contribution in [3.63, 3.8) is 0 Å². The van der Waals surface area contributed by atoms with Crippen molar-refractivity contribution in [2.75, 3.05) is 52.2 Å². The number of guanidine groups is 1. The summed E-state index contributed by atoms with van der Waals surface area (Å²) in [5.74, 6) is 2.08. The Morgan fingerprint density at radius 1 is 1.19 bits per heavy atom. The molecule has 1 rings (SSSR count). The van der Waals surface area contributed by atoms with Gasteiger partial charge in [0, 0.05) is 60.6 Å². The van der Waals surface area contributed by atoms with Gasteiger partial charge in [0.05, 0.1) is 13.2 Å². The van der Waals surface area contributed by atoms with E-state index in [1.165, 1.54) is 12.8 Å². The van der Waals surface area contributed by atoms with E-state index in [9.17, 15) is 4.21 Å². The van der Waals surface area contributed by atoms with Crippen molar-refractivity contribution in [2.24, 2.45) is 10.9 Å². The van der Waals surface area contributed by atoms with Crippen LogP contribution in [0.2, 0.25) is 0 Å². The minimum atomic E-state index is -0.850. The molecule has 0 aliphatic carbocycles. The van der Waals surface area contributed by atoms with Gasteiger partial charge in [0.25, 0.3) is 0 Å². The summed E-state index contributed by atoms with van der Waals surface area (Å²) in [6.45, 7) is 15.8. The van der Waals surface area contributed by atoms with E-state index < -0.39 is 10.8 Å². The summed E-state index contributed by atoms with van der Waals surface area (Å²) in [6.07, 6.45) is 2.35. The van der Waals surface area contributed by atoms with Crippen LogP contribution in [0.1, 0.15) is 47.5 Å². The molecule has 0 aromatic heterocycles. The Balaban J connectivity index is 0.00000676. The van der Waals surface area contributed by atoms with Crippen LogP contribution < -0.4 is 10.6 Å². The van der Waals surface area contributed by atoms with Gasteiger partial charge in [-0.15, -0.1) is 24.0 Å². The molecule has 0 bridgehead atoms. The van der Waals surface area contributed by atoms with Crippen LogP contribution in [0.15, 0.2) is 4.99 Å². The maximum absolute atomic E-state index is 12.2. The number of nitrogens with zero attached hydrogens (tertiary/aromatic N) is 2. The molecule has 2 N–H and O–H groups in total. The molecule has 1 aliphatic rings. The Labute approximate surface area is 186 Å². The highest BCUT2D eigenvalue weighted by atomic mass is 127. The first-order valence-corrected chi connectivity index (χ1v) is 11.3. The zero-order chi connectivity index (χ0) is 19.6. The zero-order valence-electron chi connectivity index (χ0n) is 18.0. The number of halogens is 1. The highest BCUT2D eigenvalue weighted by Gasteiger charge is 2.27. The Kier molecular flexibility index (Phi) is 14.2. The van der Waals surface area contributed by atoms with E-state index in [1.54, 1.807) is 7.05 Å². The monoisotopic (exact) mass is 516 g/mol. The second-order valence-electron chi connectivity index (χ2n) is 7.83. The predicted octanol–water partition coefficient (Wildman–Crippen LogP) is 2.45. The van der Waals surface area contributed by atoms with E-state index in [0.717, 1.165) is 38.8 Å². The van der Waals surface area contributed by atoms with Crippen LogP contribution in [0.4, 0.5) is 0 Å². The van der Waals surface area contributed by atoms with Crippen LogP contribution >= 0.6 is 24.0 Å². The molecular formula is C19H41IN4O2S. The maximum Gasteiger partial charge on any atom is 0.191 e. The molecule has 162 valence electrons. The Morgan fingerprint density at radius 2 is 1.78 bits per heavy atom. The largest absolute Gasteiger partial charge is 0.379 e. The lowest BCUT2D eigenvalue weighted by molar-refractivity contribution is 0.00272. The standard InChI is InChI=1S/C19H40N4O2S.HI/c1-7-16(8-2)17(23-10-12-25-13-11-23)15-22-18(20-6)21-9-14-26(24)19(3,4)5;/h16-17H,7-15H2,1-6H3,(H2,20,21,22);1H. The molecule has 0 spiro atoms. The summed E-state index contributed by atoms with van der Waals surface area (Å²) < 4.78 is 17.5. The SMILES string of the molecule is CCC(CC)C(CNC(=NC)NCCS(=O)C(C)(C)C)N1CCOCC1.I. The van der Waals surface area contributed by atoms with E-state index in [1.807, 2.05) is 20.8 Å². The second kappa shape index (κ2) is 14.1. The van der Waals surface area contributed by atoms with Crippen LogP contribution in [-0.4, -0.2) is 78.1 Å². The molecule has 1 aliphatic heterocycles. The highest BCUT2D eigenvalue weighted by Crippen LogP contribution is 2.19. The Hall–Kier alpha value is 0.0700. The van der Waals surface area contributed by atoms with Gasteiger partial charge in [-0.2, -0.15) is 0 Å². The van der Waals surface area contributed by atoms with Crippen molar-refractivity contribution in [2.45, 2.75) is 58.2 Å². The highest BCUT2D eigenvalue weighted by molar-refractivity contribution is 14.0. The van der Waals surface area contributed by atoms with Crippen LogP contribution in [0, 0.1) is 5.92 Å². The molecule has 0 aromatic carbocycles. The van der Waals surface area contributed by atoms with Gasteiger partial charge < -0.3 is 15.4 Å². The summed E-state index contributed by atoms with van der Waals surface area (Å²) in [7, 11) is 0.939.